The second-order valence-electron chi connectivity index (χ2n) is 6.32. The average Bonchev–Trinajstić information content (AvgIpc) is 2.72. The lowest BCUT2D eigenvalue weighted by atomic mass is 9.98. The fraction of sp³-hybridized carbons (Fsp3) is 0.278. The highest BCUT2D eigenvalue weighted by Crippen LogP contribution is 2.36. The van der Waals surface area contributed by atoms with Gasteiger partial charge in [-0.25, -0.2) is 27.1 Å². The highest BCUT2D eigenvalue weighted by atomic mass is 32.2. The van der Waals surface area contributed by atoms with Crippen molar-refractivity contribution in [1.29, 1.82) is 0 Å². The molecular formula is C18H16F3NO6S. The number of halogens is 3. The van der Waals surface area contributed by atoms with Gasteiger partial charge < -0.3 is 9.47 Å². The number of sulfone groups is 1. The standard InChI is InChI=1S/C18H16F3NO6S/c19-13-9-15(21)16(10-14(13)20)28-11-1-3-12(4-2-11)29(25,26)18(17(23)22-24)5-7-27-8-6-18/h1-4,9-10,24H,5-8H2,(H,22,23). The van der Waals surface area contributed by atoms with E-state index in [4.69, 9.17) is 14.7 Å². The van der Waals surface area contributed by atoms with Crippen LogP contribution in [-0.4, -0.2) is 37.5 Å². The molecule has 2 aromatic rings. The van der Waals surface area contributed by atoms with Crippen LogP contribution in [-0.2, 0) is 19.4 Å². The van der Waals surface area contributed by atoms with Gasteiger partial charge in [0.1, 0.15) is 5.75 Å². The molecule has 0 atom stereocenters. The molecule has 0 spiro atoms. The van der Waals surface area contributed by atoms with Gasteiger partial charge in [0.05, 0.1) is 4.90 Å². The number of carbonyl (C=O) groups excluding carboxylic acids is 1. The van der Waals surface area contributed by atoms with Crippen LogP contribution in [0.1, 0.15) is 12.8 Å². The number of rotatable bonds is 5. The topological polar surface area (TPSA) is 102 Å². The number of nitrogens with one attached hydrogen (secondary N) is 1. The Balaban J connectivity index is 1.91. The van der Waals surface area contributed by atoms with Gasteiger partial charge in [0.2, 0.25) is 0 Å². The van der Waals surface area contributed by atoms with Crippen molar-refractivity contribution >= 4 is 15.7 Å². The lowest BCUT2D eigenvalue weighted by molar-refractivity contribution is -0.134. The SMILES string of the molecule is O=C(NO)C1(S(=O)(=O)c2ccc(Oc3cc(F)c(F)cc3F)cc2)CCOCC1. The molecule has 3 rings (SSSR count). The molecule has 0 bridgehead atoms. The Morgan fingerprint density at radius 1 is 1.03 bits per heavy atom. The predicted molar refractivity (Wildman–Crippen MR) is 92.7 cm³/mol. The molecule has 1 aliphatic rings. The van der Waals surface area contributed by atoms with Crippen molar-refractivity contribution in [3.8, 4) is 11.5 Å². The van der Waals surface area contributed by atoms with E-state index in [-0.39, 0.29) is 36.7 Å². The lowest BCUT2D eigenvalue weighted by Gasteiger charge is -2.34. The maximum Gasteiger partial charge on any atom is 0.265 e. The third kappa shape index (κ3) is 3.80. The smallest absolute Gasteiger partial charge is 0.265 e. The molecule has 1 heterocycles. The van der Waals surface area contributed by atoms with E-state index < -0.39 is 43.7 Å². The minimum absolute atomic E-state index is 0.0171. The highest BCUT2D eigenvalue weighted by molar-refractivity contribution is 7.93. The summed E-state index contributed by atoms with van der Waals surface area (Å²) in [5.41, 5.74) is 1.41. The average molecular weight is 431 g/mol. The van der Waals surface area contributed by atoms with Gasteiger partial charge >= 0.3 is 0 Å². The summed E-state index contributed by atoms with van der Waals surface area (Å²) in [6, 6.07) is 5.47. The Morgan fingerprint density at radius 3 is 2.21 bits per heavy atom. The molecule has 1 aliphatic heterocycles. The summed E-state index contributed by atoms with van der Waals surface area (Å²) in [6.07, 6.45) is -0.305. The summed E-state index contributed by atoms with van der Waals surface area (Å²) in [6.45, 7) is 0.0342. The third-order valence-electron chi connectivity index (χ3n) is 4.67. The maximum absolute atomic E-state index is 13.7. The normalized spacial score (nSPS) is 16.3. The van der Waals surface area contributed by atoms with Crippen LogP contribution in [0, 0.1) is 17.5 Å². The Hall–Kier alpha value is -2.63. The Labute approximate surface area is 163 Å². The zero-order valence-electron chi connectivity index (χ0n) is 14.8. The van der Waals surface area contributed by atoms with Crippen LogP contribution in [0.15, 0.2) is 41.3 Å². The van der Waals surface area contributed by atoms with Crippen molar-refractivity contribution in [1.82, 2.24) is 5.48 Å². The quantitative estimate of drug-likeness (QED) is 0.429. The van der Waals surface area contributed by atoms with Crippen molar-refractivity contribution < 1.29 is 41.1 Å². The van der Waals surface area contributed by atoms with Gasteiger partial charge in [-0.2, -0.15) is 0 Å². The highest BCUT2D eigenvalue weighted by Gasteiger charge is 2.52. The van der Waals surface area contributed by atoms with Crippen LogP contribution in [0.5, 0.6) is 11.5 Å². The van der Waals surface area contributed by atoms with E-state index in [1.54, 1.807) is 0 Å². The molecule has 29 heavy (non-hydrogen) atoms. The third-order valence-corrected chi connectivity index (χ3v) is 7.18. The molecule has 156 valence electrons. The first-order chi connectivity index (χ1) is 13.7. The monoisotopic (exact) mass is 431 g/mol. The van der Waals surface area contributed by atoms with Crippen molar-refractivity contribution in [3.63, 3.8) is 0 Å². The van der Waals surface area contributed by atoms with Crippen LogP contribution in [0.4, 0.5) is 13.2 Å². The summed E-state index contributed by atoms with van der Waals surface area (Å²) in [7, 11) is -4.24. The van der Waals surface area contributed by atoms with Gasteiger partial charge in [0.25, 0.3) is 5.91 Å². The van der Waals surface area contributed by atoms with Gasteiger partial charge in [0, 0.05) is 25.3 Å². The van der Waals surface area contributed by atoms with E-state index in [1.807, 2.05) is 0 Å². The molecule has 1 fully saturated rings. The van der Waals surface area contributed by atoms with E-state index in [0.717, 1.165) is 12.1 Å². The molecule has 0 saturated carbocycles. The maximum atomic E-state index is 13.7. The van der Waals surface area contributed by atoms with Crippen LogP contribution >= 0.6 is 0 Å². The first-order valence-electron chi connectivity index (χ1n) is 8.41. The van der Waals surface area contributed by atoms with Crippen molar-refractivity contribution in [2.45, 2.75) is 22.5 Å². The number of amides is 1. The molecule has 1 saturated heterocycles. The molecule has 2 aromatic carbocycles. The minimum atomic E-state index is -4.24. The van der Waals surface area contributed by atoms with Crippen molar-refractivity contribution in [2.24, 2.45) is 0 Å². The summed E-state index contributed by atoms with van der Waals surface area (Å²) >= 11 is 0. The summed E-state index contributed by atoms with van der Waals surface area (Å²) in [5.74, 6) is -5.51. The zero-order chi connectivity index (χ0) is 21.2. The van der Waals surface area contributed by atoms with Gasteiger partial charge in [-0.05, 0) is 37.1 Å². The largest absolute Gasteiger partial charge is 0.454 e. The summed E-state index contributed by atoms with van der Waals surface area (Å²) in [4.78, 5) is 12.0. The number of benzene rings is 2. The van der Waals surface area contributed by atoms with Crippen LogP contribution in [0.2, 0.25) is 0 Å². The first-order valence-corrected chi connectivity index (χ1v) is 9.89. The number of ether oxygens (including phenoxy) is 2. The lowest BCUT2D eigenvalue weighted by Crippen LogP contribution is -2.54. The molecule has 0 unspecified atom stereocenters. The first kappa shape index (κ1) is 21.1. The van der Waals surface area contributed by atoms with E-state index in [9.17, 15) is 26.4 Å². The molecule has 0 radical (unpaired) electrons. The van der Waals surface area contributed by atoms with Gasteiger partial charge in [-0.3, -0.25) is 10.0 Å². The summed E-state index contributed by atoms with van der Waals surface area (Å²) < 4.78 is 74.5. The van der Waals surface area contributed by atoms with Crippen LogP contribution in [0.25, 0.3) is 0 Å². The number of hydrogen-bond acceptors (Lipinski definition) is 6. The number of carbonyl (C=O) groups is 1. The number of hydroxylamine groups is 1. The summed E-state index contributed by atoms with van der Waals surface area (Å²) in [5, 5.41) is 9.02. The zero-order valence-corrected chi connectivity index (χ0v) is 15.6. The van der Waals surface area contributed by atoms with E-state index in [0.29, 0.717) is 12.1 Å². The number of hydrogen-bond donors (Lipinski definition) is 2. The van der Waals surface area contributed by atoms with E-state index in [1.165, 1.54) is 17.6 Å². The van der Waals surface area contributed by atoms with E-state index >= 15 is 0 Å². The molecule has 7 nitrogen and oxygen atoms in total. The fourth-order valence-corrected chi connectivity index (χ4v) is 4.98. The molecule has 1 amide bonds. The molecule has 0 aliphatic carbocycles. The molecule has 11 heteroatoms. The van der Waals surface area contributed by atoms with Gasteiger partial charge in [0.15, 0.2) is 37.8 Å². The van der Waals surface area contributed by atoms with Gasteiger partial charge in [-0.15, -0.1) is 0 Å². The Bertz CT molecular complexity index is 1020. The van der Waals surface area contributed by atoms with Crippen molar-refractivity contribution in [2.75, 3.05) is 13.2 Å². The van der Waals surface area contributed by atoms with Gasteiger partial charge in [-0.1, -0.05) is 0 Å². The molecule has 0 aromatic heterocycles. The fourth-order valence-electron chi connectivity index (χ4n) is 3.04. The van der Waals surface area contributed by atoms with Crippen LogP contribution < -0.4 is 10.2 Å². The second-order valence-corrected chi connectivity index (χ2v) is 8.58. The van der Waals surface area contributed by atoms with Crippen LogP contribution in [0.3, 0.4) is 0 Å². The minimum Gasteiger partial charge on any atom is -0.454 e. The molecular weight excluding hydrogens is 415 g/mol. The second kappa shape index (κ2) is 8.01. The Morgan fingerprint density at radius 2 is 1.62 bits per heavy atom. The predicted octanol–water partition coefficient (Wildman–Crippen LogP) is 2.72. The molecule has 2 N–H and O–H groups in total. The van der Waals surface area contributed by atoms with E-state index in [2.05, 4.69) is 0 Å². The Kier molecular flexibility index (Phi) is 5.82. The van der Waals surface area contributed by atoms with Crippen molar-refractivity contribution in [3.05, 3.63) is 53.8 Å².